The van der Waals surface area contributed by atoms with Gasteiger partial charge in [-0.2, -0.15) is 11.3 Å². The number of aliphatic hydroxyl groups excluding tert-OH is 1. The summed E-state index contributed by atoms with van der Waals surface area (Å²) >= 11 is 1.57. The van der Waals surface area contributed by atoms with E-state index in [1.54, 1.807) is 37.3 Å². The molecule has 3 rings (SSSR count). The van der Waals surface area contributed by atoms with E-state index in [-0.39, 0.29) is 12.5 Å². The lowest BCUT2D eigenvalue weighted by atomic mass is 10.2. The first-order valence-corrected chi connectivity index (χ1v) is 8.02. The maximum atomic E-state index is 12.1. The fraction of sp³-hybridized carbons (Fsp3) is 0.250. The lowest BCUT2D eigenvalue weighted by Gasteiger charge is -2.09. The van der Waals surface area contributed by atoms with Crippen LogP contribution in [0.1, 0.15) is 33.7 Å². The van der Waals surface area contributed by atoms with Gasteiger partial charge in [-0.05, 0) is 37.4 Å². The van der Waals surface area contributed by atoms with Crippen molar-refractivity contribution in [2.75, 3.05) is 6.54 Å². The average molecular weight is 332 g/mol. The van der Waals surface area contributed by atoms with E-state index in [1.165, 1.54) is 0 Å². The van der Waals surface area contributed by atoms with E-state index < -0.39 is 6.10 Å². The van der Waals surface area contributed by atoms with Gasteiger partial charge in [0, 0.05) is 10.9 Å². The number of aryl methyl sites for hydroxylation is 2. The molecule has 120 valence electrons. The highest BCUT2D eigenvalue weighted by molar-refractivity contribution is 7.08. The van der Waals surface area contributed by atoms with Gasteiger partial charge in [-0.15, -0.1) is 0 Å². The first kappa shape index (κ1) is 15.5. The highest BCUT2D eigenvalue weighted by Gasteiger charge is 2.20. The van der Waals surface area contributed by atoms with Crippen LogP contribution in [0.4, 0.5) is 0 Å². The molecule has 3 heterocycles. The molecule has 0 aliphatic heterocycles. The molecule has 2 N–H and O–H groups in total. The Morgan fingerprint density at radius 3 is 2.87 bits per heavy atom. The van der Waals surface area contributed by atoms with Crippen molar-refractivity contribution in [3.8, 4) is 11.3 Å². The molecule has 0 unspecified atom stereocenters. The summed E-state index contributed by atoms with van der Waals surface area (Å²) in [6.45, 7) is 3.41. The number of aliphatic hydroxyl groups is 1. The summed E-state index contributed by atoms with van der Waals surface area (Å²) in [5, 5.41) is 20.5. The van der Waals surface area contributed by atoms with Crippen molar-refractivity contribution in [2.24, 2.45) is 0 Å². The zero-order valence-electron chi connectivity index (χ0n) is 12.7. The summed E-state index contributed by atoms with van der Waals surface area (Å²) in [4.78, 5) is 12.1. The summed E-state index contributed by atoms with van der Waals surface area (Å²) in [6.07, 6.45) is -0.924. The van der Waals surface area contributed by atoms with Crippen LogP contribution in [0.3, 0.4) is 0 Å². The molecule has 0 aliphatic rings. The fourth-order valence-corrected chi connectivity index (χ4v) is 2.92. The minimum Gasteiger partial charge on any atom is -0.458 e. The van der Waals surface area contributed by atoms with Crippen LogP contribution >= 0.6 is 11.3 Å². The molecule has 3 aromatic heterocycles. The zero-order valence-corrected chi connectivity index (χ0v) is 13.5. The number of hydrogen-bond acceptors (Lipinski definition) is 6. The smallest absolute Gasteiger partial charge is 0.256 e. The quantitative estimate of drug-likeness (QED) is 0.749. The second-order valence-corrected chi connectivity index (χ2v) is 5.92. The molecule has 1 amide bonds. The van der Waals surface area contributed by atoms with E-state index in [0.29, 0.717) is 28.5 Å². The molecular weight excluding hydrogens is 316 g/mol. The monoisotopic (exact) mass is 332 g/mol. The van der Waals surface area contributed by atoms with Gasteiger partial charge in [0.1, 0.15) is 28.9 Å². The average Bonchev–Trinajstić information content (AvgIpc) is 3.25. The van der Waals surface area contributed by atoms with Crippen LogP contribution in [-0.2, 0) is 0 Å². The third kappa shape index (κ3) is 3.20. The number of furan rings is 1. The van der Waals surface area contributed by atoms with Crippen molar-refractivity contribution in [1.29, 1.82) is 0 Å². The minimum absolute atomic E-state index is 0.0412. The molecule has 7 heteroatoms. The van der Waals surface area contributed by atoms with Crippen molar-refractivity contribution in [3.63, 3.8) is 0 Å². The van der Waals surface area contributed by atoms with Crippen LogP contribution in [-0.4, -0.2) is 22.7 Å². The predicted molar refractivity (Wildman–Crippen MR) is 85.3 cm³/mol. The van der Waals surface area contributed by atoms with Gasteiger partial charge in [0.25, 0.3) is 5.91 Å². The largest absolute Gasteiger partial charge is 0.458 e. The Labute approximate surface area is 136 Å². The Balaban J connectivity index is 1.64. The van der Waals surface area contributed by atoms with Crippen LogP contribution in [0.2, 0.25) is 0 Å². The number of carbonyl (C=O) groups excluding carboxylic acids is 1. The van der Waals surface area contributed by atoms with Crippen molar-refractivity contribution < 1.29 is 18.8 Å². The predicted octanol–water partition coefficient (Wildman–Crippen LogP) is 3.08. The molecule has 23 heavy (non-hydrogen) atoms. The Morgan fingerprint density at radius 1 is 1.39 bits per heavy atom. The molecule has 0 spiro atoms. The van der Waals surface area contributed by atoms with Gasteiger partial charge in [-0.1, -0.05) is 5.16 Å². The summed E-state index contributed by atoms with van der Waals surface area (Å²) in [5.74, 6) is 1.22. The summed E-state index contributed by atoms with van der Waals surface area (Å²) in [6, 6.07) is 5.45. The van der Waals surface area contributed by atoms with E-state index in [0.717, 1.165) is 5.56 Å². The van der Waals surface area contributed by atoms with E-state index >= 15 is 0 Å². The molecule has 0 bridgehead atoms. The van der Waals surface area contributed by atoms with Crippen molar-refractivity contribution in [2.45, 2.75) is 20.0 Å². The van der Waals surface area contributed by atoms with Crippen LogP contribution in [0.25, 0.3) is 11.3 Å². The van der Waals surface area contributed by atoms with Gasteiger partial charge in [0.2, 0.25) is 0 Å². The van der Waals surface area contributed by atoms with E-state index in [1.807, 2.05) is 16.8 Å². The van der Waals surface area contributed by atoms with Crippen LogP contribution < -0.4 is 5.32 Å². The SMILES string of the molecule is Cc1noc(C)c1C(=O)NC[C@H](O)c1ccc(-c2ccsc2)o1. The van der Waals surface area contributed by atoms with Crippen LogP contribution in [0, 0.1) is 13.8 Å². The zero-order chi connectivity index (χ0) is 16.4. The third-order valence-electron chi connectivity index (χ3n) is 3.48. The van der Waals surface area contributed by atoms with Crippen molar-refractivity contribution >= 4 is 17.2 Å². The second-order valence-electron chi connectivity index (χ2n) is 5.14. The Kier molecular flexibility index (Phi) is 4.31. The van der Waals surface area contributed by atoms with Gasteiger partial charge in [-0.3, -0.25) is 4.79 Å². The number of thiophene rings is 1. The van der Waals surface area contributed by atoms with Gasteiger partial charge in [0.05, 0.1) is 12.2 Å². The van der Waals surface area contributed by atoms with E-state index in [2.05, 4.69) is 10.5 Å². The van der Waals surface area contributed by atoms with Gasteiger partial charge in [-0.25, -0.2) is 0 Å². The molecule has 1 atom stereocenters. The highest BCUT2D eigenvalue weighted by Crippen LogP contribution is 2.26. The topological polar surface area (TPSA) is 88.5 Å². The van der Waals surface area contributed by atoms with Gasteiger partial charge >= 0.3 is 0 Å². The number of amides is 1. The van der Waals surface area contributed by atoms with Gasteiger partial charge in [0.15, 0.2) is 0 Å². The number of rotatable bonds is 5. The summed E-state index contributed by atoms with van der Waals surface area (Å²) in [7, 11) is 0. The Bertz CT molecular complexity index is 785. The van der Waals surface area contributed by atoms with Crippen LogP contribution in [0.15, 0.2) is 37.9 Å². The number of nitrogens with zero attached hydrogens (tertiary/aromatic N) is 1. The second kappa shape index (κ2) is 6.39. The Hall–Kier alpha value is -2.38. The normalized spacial score (nSPS) is 12.3. The number of carbonyl (C=O) groups is 1. The molecule has 6 nitrogen and oxygen atoms in total. The molecule has 0 fully saturated rings. The maximum absolute atomic E-state index is 12.1. The van der Waals surface area contributed by atoms with Crippen molar-refractivity contribution in [1.82, 2.24) is 10.5 Å². The lowest BCUT2D eigenvalue weighted by Crippen LogP contribution is -2.28. The molecule has 0 aromatic carbocycles. The summed E-state index contributed by atoms with van der Waals surface area (Å²) in [5.41, 5.74) is 1.89. The third-order valence-corrected chi connectivity index (χ3v) is 4.16. The number of aromatic nitrogens is 1. The fourth-order valence-electron chi connectivity index (χ4n) is 2.28. The first-order valence-electron chi connectivity index (χ1n) is 7.07. The molecule has 0 radical (unpaired) electrons. The Morgan fingerprint density at radius 2 is 2.22 bits per heavy atom. The number of nitrogens with one attached hydrogen (secondary N) is 1. The van der Waals surface area contributed by atoms with Crippen LogP contribution in [0.5, 0.6) is 0 Å². The molecule has 0 saturated heterocycles. The maximum Gasteiger partial charge on any atom is 0.256 e. The molecule has 3 aromatic rings. The van der Waals surface area contributed by atoms with Crippen molar-refractivity contribution in [3.05, 3.63) is 51.7 Å². The summed E-state index contributed by atoms with van der Waals surface area (Å²) < 4.78 is 10.6. The first-order chi connectivity index (χ1) is 11.1. The van der Waals surface area contributed by atoms with E-state index in [4.69, 9.17) is 8.94 Å². The molecular formula is C16H16N2O4S. The minimum atomic E-state index is -0.924. The van der Waals surface area contributed by atoms with Gasteiger partial charge < -0.3 is 19.4 Å². The molecule has 0 saturated carbocycles. The standard InChI is InChI=1S/C16H16N2O4S/c1-9-15(10(2)22-18-9)16(20)17-7-12(19)14-4-3-13(21-14)11-5-6-23-8-11/h3-6,8,12,19H,7H2,1-2H3,(H,17,20)/t12-/m0/s1. The molecule has 0 aliphatic carbocycles. The van der Waals surface area contributed by atoms with E-state index in [9.17, 15) is 9.90 Å². The lowest BCUT2D eigenvalue weighted by molar-refractivity contribution is 0.0900. The number of hydrogen-bond donors (Lipinski definition) is 2. The highest BCUT2D eigenvalue weighted by atomic mass is 32.1.